The maximum Gasteiger partial charge on any atom is 0.274 e. The number of fused-ring (bicyclic) bond motifs is 1. The molecule has 0 spiro atoms. The van der Waals surface area contributed by atoms with Crippen LogP contribution in [0, 0.1) is 0 Å². The Morgan fingerprint density at radius 2 is 1.52 bits per heavy atom. The molecule has 1 heterocycles. The molecule has 0 bridgehead atoms. The number of rotatable bonds is 7. The Morgan fingerprint density at radius 1 is 0.880 bits per heavy atom. The molecule has 1 aromatic heterocycles. The molecule has 0 fully saturated rings. The highest BCUT2D eigenvalue weighted by Gasteiger charge is 2.19. The number of aromatic nitrogens is 2. The fourth-order valence-electron chi connectivity index (χ4n) is 3.28. The summed E-state index contributed by atoms with van der Waals surface area (Å²) < 4.78 is 5.04. The molecule has 3 rings (SSSR count). The predicted octanol–water partition coefficient (Wildman–Crippen LogP) is 3.34. The van der Waals surface area contributed by atoms with Gasteiger partial charge in [0, 0.05) is 0 Å². The molecule has 0 radical (unpaired) electrons. The monoisotopic (exact) mass is 338 g/mol. The third-order valence-corrected chi connectivity index (χ3v) is 5.49. The van der Waals surface area contributed by atoms with Gasteiger partial charge in [-0.3, -0.25) is 9.48 Å². The number of benzene rings is 2. The van der Waals surface area contributed by atoms with E-state index >= 15 is 0 Å². The largest absolute Gasteiger partial charge is 0.325 e. The van der Waals surface area contributed by atoms with Crippen LogP contribution in [0.15, 0.2) is 59.4 Å². The molecule has 132 valence electrons. The molecule has 4 nitrogen and oxygen atoms in total. The van der Waals surface area contributed by atoms with Crippen LogP contribution in [0.5, 0.6) is 0 Å². The summed E-state index contributed by atoms with van der Waals surface area (Å²) in [5.41, 5.74) is 2.34. The fourth-order valence-corrected chi connectivity index (χ4v) is 3.28. The molecule has 0 unspecified atom stereocenters. The predicted molar refractivity (Wildman–Crippen MR) is 104 cm³/mol. The number of nitrogens with zero attached hydrogens (tertiary/aromatic N) is 3. The van der Waals surface area contributed by atoms with Gasteiger partial charge in [-0.1, -0.05) is 42.5 Å². The van der Waals surface area contributed by atoms with Crippen molar-refractivity contribution in [2.24, 2.45) is 0 Å². The minimum atomic E-state index is 0.116. The summed E-state index contributed by atoms with van der Waals surface area (Å²) in [7, 11) is 2.26. The first kappa shape index (κ1) is 17.5. The molecule has 0 aliphatic carbocycles. The van der Waals surface area contributed by atoms with Gasteiger partial charge < -0.3 is 4.48 Å². The summed E-state index contributed by atoms with van der Waals surface area (Å²) in [6.07, 6.45) is 0. The Kier molecular flexibility index (Phi) is 5.09. The van der Waals surface area contributed by atoms with Crippen LogP contribution >= 0.6 is 0 Å². The highest BCUT2D eigenvalue weighted by Crippen LogP contribution is 2.14. The topological polar surface area (TPSA) is 26.9 Å². The van der Waals surface area contributed by atoms with Gasteiger partial charge in [0.15, 0.2) is 0 Å². The van der Waals surface area contributed by atoms with Gasteiger partial charge in [-0.2, -0.15) is 0 Å². The van der Waals surface area contributed by atoms with E-state index < -0.39 is 0 Å². The molecule has 0 saturated carbocycles. The molecule has 0 saturated heterocycles. The molecule has 3 aromatic rings. The van der Waals surface area contributed by atoms with E-state index in [-0.39, 0.29) is 5.56 Å². The maximum atomic E-state index is 13.0. The van der Waals surface area contributed by atoms with E-state index in [1.54, 1.807) is 0 Å². The van der Waals surface area contributed by atoms with Crippen LogP contribution in [0.3, 0.4) is 0 Å². The third kappa shape index (κ3) is 3.54. The molecule has 25 heavy (non-hydrogen) atoms. The molecule has 4 heteroatoms. The van der Waals surface area contributed by atoms with E-state index in [0.717, 1.165) is 41.6 Å². The second-order valence-electron chi connectivity index (χ2n) is 6.96. The van der Waals surface area contributed by atoms with E-state index in [2.05, 4.69) is 37.7 Å². The van der Waals surface area contributed by atoms with Gasteiger partial charge in [0.2, 0.25) is 0 Å². The van der Waals surface area contributed by atoms with Crippen LogP contribution in [-0.2, 0) is 13.1 Å². The zero-order valence-corrected chi connectivity index (χ0v) is 15.5. The minimum absolute atomic E-state index is 0.116. The normalized spacial score (nSPS) is 12.0. The van der Waals surface area contributed by atoms with Gasteiger partial charge in [-0.15, -0.1) is 0 Å². The zero-order valence-electron chi connectivity index (χ0n) is 15.5. The molecular formula is C21H28N3O+. The lowest BCUT2D eigenvalue weighted by molar-refractivity contribution is -0.906. The maximum absolute atomic E-state index is 13.0. The molecule has 0 aliphatic heterocycles. The number of quaternary nitrogens is 1. The van der Waals surface area contributed by atoms with Crippen LogP contribution in [0.25, 0.3) is 10.9 Å². The molecule has 0 N–H and O–H groups in total. The van der Waals surface area contributed by atoms with E-state index in [0.29, 0.717) is 6.54 Å². The van der Waals surface area contributed by atoms with Crippen LogP contribution in [0.4, 0.5) is 0 Å². The van der Waals surface area contributed by atoms with Crippen molar-refractivity contribution in [1.29, 1.82) is 0 Å². The van der Waals surface area contributed by atoms with Gasteiger partial charge in [0.25, 0.3) is 5.56 Å². The van der Waals surface area contributed by atoms with E-state index in [9.17, 15) is 4.79 Å². The zero-order chi connectivity index (χ0) is 17.9. The van der Waals surface area contributed by atoms with Crippen molar-refractivity contribution in [1.82, 2.24) is 9.36 Å². The fraction of sp³-hybridized carbons (Fsp3) is 0.381. The molecule has 0 aliphatic rings. The lowest BCUT2D eigenvalue weighted by Gasteiger charge is -2.32. The smallest absolute Gasteiger partial charge is 0.274 e. The van der Waals surface area contributed by atoms with Crippen molar-refractivity contribution in [3.8, 4) is 0 Å². The molecule has 2 aromatic carbocycles. The summed E-state index contributed by atoms with van der Waals surface area (Å²) in [5, 5.41) is 0.806. The van der Waals surface area contributed by atoms with Gasteiger partial charge in [-0.25, -0.2) is 4.68 Å². The first-order valence-electron chi connectivity index (χ1n) is 9.14. The Bertz CT molecular complexity index is 888. The van der Waals surface area contributed by atoms with Crippen LogP contribution in [0.1, 0.15) is 19.4 Å². The number of para-hydroxylation sites is 1. The summed E-state index contributed by atoms with van der Waals surface area (Å²) in [4.78, 5) is 13.0. The minimum Gasteiger partial charge on any atom is -0.325 e. The first-order valence-corrected chi connectivity index (χ1v) is 9.14. The van der Waals surface area contributed by atoms with Crippen molar-refractivity contribution < 1.29 is 4.48 Å². The van der Waals surface area contributed by atoms with Gasteiger partial charge >= 0.3 is 0 Å². The van der Waals surface area contributed by atoms with Gasteiger partial charge in [-0.05, 0) is 31.5 Å². The van der Waals surface area contributed by atoms with Gasteiger partial charge in [0.05, 0.1) is 50.7 Å². The van der Waals surface area contributed by atoms with Crippen molar-refractivity contribution in [2.45, 2.75) is 26.9 Å². The highest BCUT2D eigenvalue weighted by molar-refractivity contribution is 5.78. The Balaban J connectivity index is 2.03. The molecule has 0 atom stereocenters. The second kappa shape index (κ2) is 7.28. The van der Waals surface area contributed by atoms with Crippen LogP contribution < -0.4 is 5.56 Å². The lowest BCUT2D eigenvalue weighted by Crippen LogP contribution is -2.46. The van der Waals surface area contributed by atoms with Crippen molar-refractivity contribution in [2.75, 3.05) is 26.7 Å². The summed E-state index contributed by atoms with van der Waals surface area (Å²) >= 11 is 0. The van der Waals surface area contributed by atoms with Crippen molar-refractivity contribution in [3.63, 3.8) is 0 Å². The molecular weight excluding hydrogens is 310 g/mol. The average molecular weight is 338 g/mol. The number of hydrogen-bond donors (Lipinski definition) is 0. The SMILES string of the molecule is CC[N+](C)(CC)CCn1c(=O)c2ccccc2n1Cc1ccccc1. The average Bonchev–Trinajstić information content (AvgIpc) is 2.93. The number of likely N-dealkylation sites (N-methyl/N-ethyl adjacent to an activating group) is 1. The van der Waals surface area contributed by atoms with Crippen molar-refractivity contribution >= 4 is 10.9 Å². The summed E-state index contributed by atoms with van der Waals surface area (Å²) in [6, 6.07) is 18.3. The Morgan fingerprint density at radius 3 is 2.20 bits per heavy atom. The summed E-state index contributed by atoms with van der Waals surface area (Å²) in [6.45, 7) is 8.98. The van der Waals surface area contributed by atoms with E-state index in [1.807, 2.05) is 47.1 Å². The number of hydrogen-bond acceptors (Lipinski definition) is 1. The van der Waals surface area contributed by atoms with Crippen molar-refractivity contribution in [3.05, 3.63) is 70.5 Å². The standard InChI is InChI=1S/C21H28N3O/c1-4-24(3,5-2)16-15-22-21(25)19-13-9-10-14-20(19)23(22)17-18-11-7-6-8-12-18/h6-14H,4-5,15-17H2,1-3H3/q+1. The second-order valence-corrected chi connectivity index (χ2v) is 6.96. The van der Waals surface area contributed by atoms with Crippen LogP contribution in [-0.4, -0.2) is 40.5 Å². The third-order valence-electron chi connectivity index (χ3n) is 5.49. The Hall–Kier alpha value is -2.33. The van der Waals surface area contributed by atoms with E-state index in [1.165, 1.54) is 5.56 Å². The van der Waals surface area contributed by atoms with E-state index in [4.69, 9.17) is 0 Å². The molecule has 0 amide bonds. The quantitative estimate of drug-likeness (QED) is 0.607. The lowest BCUT2D eigenvalue weighted by atomic mass is 10.2. The highest BCUT2D eigenvalue weighted by atomic mass is 16.1. The Labute approximate surface area is 149 Å². The van der Waals surface area contributed by atoms with Crippen LogP contribution in [0.2, 0.25) is 0 Å². The first-order chi connectivity index (χ1) is 12.1. The summed E-state index contributed by atoms with van der Waals surface area (Å²) in [5.74, 6) is 0. The van der Waals surface area contributed by atoms with Gasteiger partial charge in [0.1, 0.15) is 0 Å².